The van der Waals surface area contributed by atoms with Gasteiger partial charge in [-0.25, -0.2) is 0 Å². The molecule has 1 amide bonds. The van der Waals surface area contributed by atoms with Crippen LogP contribution >= 0.6 is 0 Å². The third kappa shape index (κ3) is 2.91. The summed E-state index contributed by atoms with van der Waals surface area (Å²) in [5.41, 5.74) is 1.80. The molecular weight excluding hydrogens is 236 g/mol. The average molecular weight is 258 g/mol. The second kappa shape index (κ2) is 5.24. The second-order valence-electron chi connectivity index (χ2n) is 5.71. The first kappa shape index (κ1) is 12.5. The van der Waals surface area contributed by atoms with Gasteiger partial charge in [0.25, 0.3) is 5.91 Å². The van der Waals surface area contributed by atoms with Gasteiger partial charge < -0.3 is 10.2 Å². The van der Waals surface area contributed by atoms with Crippen LogP contribution in [0.4, 0.5) is 5.69 Å². The zero-order valence-electron chi connectivity index (χ0n) is 11.6. The van der Waals surface area contributed by atoms with Crippen LogP contribution in [-0.4, -0.2) is 29.9 Å². The third-order valence-corrected chi connectivity index (χ3v) is 3.93. The van der Waals surface area contributed by atoms with Crippen LogP contribution < -0.4 is 5.32 Å². The van der Waals surface area contributed by atoms with Crippen LogP contribution in [0.3, 0.4) is 0 Å². The Morgan fingerprint density at radius 3 is 2.63 bits per heavy atom. The van der Waals surface area contributed by atoms with Gasteiger partial charge in [0.2, 0.25) is 0 Å². The smallest absolute Gasteiger partial charge is 0.256 e. The van der Waals surface area contributed by atoms with E-state index >= 15 is 0 Å². The molecule has 3 heteroatoms. The Labute approximate surface area is 115 Å². The number of para-hydroxylation sites is 1. The first-order valence-electron chi connectivity index (χ1n) is 7.43. The number of nitrogens with zero attached hydrogens (tertiary/aromatic N) is 1. The van der Waals surface area contributed by atoms with Gasteiger partial charge in [0.15, 0.2) is 0 Å². The zero-order chi connectivity index (χ0) is 13.2. The molecule has 0 aliphatic heterocycles. The lowest BCUT2D eigenvalue weighted by Crippen LogP contribution is -2.35. The molecule has 0 aromatic heterocycles. The van der Waals surface area contributed by atoms with Crippen LogP contribution in [0, 0.1) is 5.92 Å². The molecule has 0 radical (unpaired) electrons. The highest BCUT2D eigenvalue weighted by molar-refractivity contribution is 6.00. The van der Waals surface area contributed by atoms with Crippen molar-refractivity contribution in [2.24, 2.45) is 5.92 Å². The minimum atomic E-state index is 0.214. The molecule has 2 aliphatic carbocycles. The number of carbonyl (C=O) groups excluding carboxylic acids is 1. The van der Waals surface area contributed by atoms with E-state index in [1.807, 2.05) is 24.3 Å². The molecular formula is C16H22N2O. The van der Waals surface area contributed by atoms with Gasteiger partial charge in [0.1, 0.15) is 0 Å². The predicted molar refractivity (Wildman–Crippen MR) is 77.4 cm³/mol. The highest BCUT2D eigenvalue weighted by atomic mass is 16.2. The van der Waals surface area contributed by atoms with Crippen LogP contribution in [0.1, 0.15) is 43.0 Å². The number of anilines is 1. The topological polar surface area (TPSA) is 32.3 Å². The Balaban J connectivity index is 1.80. The quantitative estimate of drug-likeness (QED) is 0.850. The molecule has 2 saturated carbocycles. The van der Waals surface area contributed by atoms with Crippen molar-refractivity contribution in [3.8, 4) is 0 Å². The van der Waals surface area contributed by atoms with Crippen molar-refractivity contribution < 1.29 is 4.79 Å². The molecule has 1 aromatic carbocycles. The normalized spacial score (nSPS) is 18.2. The van der Waals surface area contributed by atoms with Gasteiger partial charge in [0.05, 0.1) is 5.56 Å². The summed E-state index contributed by atoms with van der Waals surface area (Å²) in [6, 6.07) is 8.39. The standard InChI is InChI=1S/C16H22N2O/c1-2-17-15-6-4-3-5-14(15)16(19)18(13-9-10-13)11-12-7-8-12/h3-6,12-13,17H,2,7-11H2,1H3. The van der Waals surface area contributed by atoms with Crippen molar-refractivity contribution >= 4 is 11.6 Å². The lowest BCUT2D eigenvalue weighted by molar-refractivity contribution is 0.0736. The first-order valence-corrected chi connectivity index (χ1v) is 7.43. The molecule has 3 rings (SSSR count). The van der Waals surface area contributed by atoms with Gasteiger partial charge >= 0.3 is 0 Å². The first-order chi connectivity index (χ1) is 9.29. The fourth-order valence-electron chi connectivity index (χ4n) is 2.53. The number of carbonyl (C=O) groups is 1. The van der Waals surface area contributed by atoms with Crippen LogP contribution in [-0.2, 0) is 0 Å². The monoisotopic (exact) mass is 258 g/mol. The fourth-order valence-corrected chi connectivity index (χ4v) is 2.53. The summed E-state index contributed by atoms with van der Waals surface area (Å²) < 4.78 is 0. The molecule has 2 fully saturated rings. The maximum atomic E-state index is 12.8. The predicted octanol–water partition coefficient (Wildman–Crippen LogP) is 3.13. The van der Waals surface area contributed by atoms with Crippen LogP contribution in [0.2, 0.25) is 0 Å². The van der Waals surface area contributed by atoms with Crippen molar-refractivity contribution in [1.82, 2.24) is 4.90 Å². The molecule has 0 heterocycles. The number of benzene rings is 1. The molecule has 19 heavy (non-hydrogen) atoms. The Hall–Kier alpha value is -1.51. The molecule has 1 N–H and O–H groups in total. The number of rotatable bonds is 6. The fraction of sp³-hybridized carbons (Fsp3) is 0.562. The van der Waals surface area contributed by atoms with E-state index in [4.69, 9.17) is 0 Å². The Kier molecular flexibility index (Phi) is 3.45. The Morgan fingerprint density at radius 1 is 1.26 bits per heavy atom. The van der Waals surface area contributed by atoms with Crippen LogP contribution in [0.15, 0.2) is 24.3 Å². The highest BCUT2D eigenvalue weighted by Gasteiger charge is 2.37. The van der Waals surface area contributed by atoms with Crippen LogP contribution in [0.25, 0.3) is 0 Å². The number of hydrogen-bond acceptors (Lipinski definition) is 2. The molecule has 3 nitrogen and oxygen atoms in total. The van der Waals surface area contributed by atoms with Crippen molar-refractivity contribution in [3.05, 3.63) is 29.8 Å². The summed E-state index contributed by atoms with van der Waals surface area (Å²) in [6.45, 7) is 3.87. The molecule has 0 bridgehead atoms. The molecule has 0 spiro atoms. The summed E-state index contributed by atoms with van der Waals surface area (Å²) in [5, 5.41) is 3.29. The van der Waals surface area contributed by atoms with E-state index < -0.39 is 0 Å². The lowest BCUT2D eigenvalue weighted by Gasteiger charge is -2.23. The molecule has 1 aromatic rings. The number of nitrogens with one attached hydrogen (secondary N) is 1. The Morgan fingerprint density at radius 2 is 2.00 bits per heavy atom. The maximum Gasteiger partial charge on any atom is 0.256 e. The van der Waals surface area contributed by atoms with E-state index in [1.165, 1.54) is 25.7 Å². The average Bonchev–Trinajstić information content (AvgIpc) is 3.28. The summed E-state index contributed by atoms with van der Waals surface area (Å²) in [7, 11) is 0. The van der Waals surface area contributed by atoms with Crippen molar-refractivity contribution in [3.63, 3.8) is 0 Å². The van der Waals surface area contributed by atoms with Gasteiger partial charge in [-0.2, -0.15) is 0 Å². The van der Waals surface area contributed by atoms with E-state index in [2.05, 4.69) is 17.1 Å². The van der Waals surface area contributed by atoms with E-state index in [0.717, 1.165) is 30.3 Å². The van der Waals surface area contributed by atoms with Gasteiger partial charge in [-0.05, 0) is 50.7 Å². The lowest BCUT2D eigenvalue weighted by atomic mass is 10.1. The molecule has 0 saturated heterocycles. The SMILES string of the molecule is CCNc1ccccc1C(=O)N(CC1CC1)C1CC1. The highest BCUT2D eigenvalue weighted by Crippen LogP contribution is 2.36. The van der Waals surface area contributed by atoms with E-state index in [9.17, 15) is 4.79 Å². The maximum absolute atomic E-state index is 12.8. The van der Waals surface area contributed by atoms with Gasteiger partial charge in [0, 0.05) is 24.8 Å². The van der Waals surface area contributed by atoms with Crippen molar-refractivity contribution in [1.29, 1.82) is 0 Å². The largest absolute Gasteiger partial charge is 0.385 e. The summed E-state index contributed by atoms with van der Waals surface area (Å²) in [5.74, 6) is 0.974. The van der Waals surface area contributed by atoms with Gasteiger partial charge in [-0.1, -0.05) is 12.1 Å². The van der Waals surface area contributed by atoms with E-state index in [-0.39, 0.29) is 5.91 Å². The molecule has 102 valence electrons. The number of amides is 1. The molecule has 0 unspecified atom stereocenters. The molecule has 0 atom stereocenters. The third-order valence-electron chi connectivity index (χ3n) is 3.93. The summed E-state index contributed by atoms with van der Waals surface area (Å²) in [6.07, 6.45) is 4.96. The van der Waals surface area contributed by atoms with Gasteiger partial charge in [-0.3, -0.25) is 4.79 Å². The zero-order valence-corrected chi connectivity index (χ0v) is 11.6. The van der Waals surface area contributed by atoms with Gasteiger partial charge in [-0.15, -0.1) is 0 Å². The summed E-state index contributed by atoms with van der Waals surface area (Å²) >= 11 is 0. The minimum absolute atomic E-state index is 0.214. The van der Waals surface area contributed by atoms with E-state index in [0.29, 0.717) is 6.04 Å². The molecule has 2 aliphatic rings. The van der Waals surface area contributed by atoms with Crippen LogP contribution in [0.5, 0.6) is 0 Å². The van der Waals surface area contributed by atoms with Crippen molar-refractivity contribution in [2.75, 3.05) is 18.4 Å². The second-order valence-corrected chi connectivity index (χ2v) is 5.71. The minimum Gasteiger partial charge on any atom is -0.385 e. The summed E-state index contributed by atoms with van der Waals surface area (Å²) in [4.78, 5) is 14.9. The number of hydrogen-bond donors (Lipinski definition) is 1. The van der Waals surface area contributed by atoms with E-state index in [1.54, 1.807) is 0 Å². The Bertz CT molecular complexity index is 464. The van der Waals surface area contributed by atoms with Crippen molar-refractivity contribution in [2.45, 2.75) is 38.6 Å².